The highest BCUT2D eigenvalue weighted by Crippen LogP contribution is 2.44. The lowest BCUT2D eigenvalue weighted by molar-refractivity contribution is -0.135. The summed E-state index contributed by atoms with van der Waals surface area (Å²) in [5, 5.41) is 0. The summed E-state index contributed by atoms with van der Waals surface area (Å²) in [4.78, 5) is 24.4. The first-order valence-corrected chi connectivity index (χ1v) is 15.1. The van der Waals surface area contributed by atoms with E-state index in [9.17, 15) is 9.59 Å². The average molecular weight is 517 g/mol. The molecule has 4 nitrogen and oxygen atoms in total. The topological polar surface area (TPSA) is 52.6 Å². The minimum absolute atomic E-state index is 0.0573. The molecule has 0 radical (unpaired) electrons. The normalized spacial score (nSPS) is 26.1. The number of benzene rings is 2. The third-order valence-corrected chi connectivity index (χ3v) is 9.52. The van der Waals surface area contributed by atoms with Crippen LogP contribution in [-0.2, 0) is 9.59 Å². The number of rotatable bonds is 13. The third-order valence-electron chi connectivity index (χ3n) is 9.52. The fraction of sp³-hybridized carbons (Fsp3) is 0.588. The minimum Gasteiger partial charge on any atom is -0.426 e. The highest BCUT2D eigenvalue weighted by molar-refractivity contribution is 5.86. The van der Waals surface area contributed by atoms with Gasteiger partial charge in [-0.15, -0.1) is 0 Å². The molecule has 2 atom stereocenters. The van der Waals surface area contributed by atoms with Crippen LogP contribution in [0, 0.1) is 11.3 Å². The van der Waals surface area contributed by atoms with E-state index in [1.54, 1.807) is 0 Å². The Kier molecular flexibility index (Phi) is 8.86. The molecule has 1 aliphatic carbocycles. The summed E-state index contributed by atoms with van der Waals surface area (Å²) < 4.78 is 10.8. The smallest absolute Gasteiger partial charge is 0.318 e. The van der Waals surface area contributed by atoms with E-state index >= 15 is 0 Å². The van der Waals surface area contributed by atoms with Gasteiger partial charge in [0, 0.05) is 11.1 Å². The Hall–Kier alpha value is -2.62. The van der Waals surface area contributed by atoms with E-state index in [0.29, 0.717) is 5.41 Å². The van der Waals surface area contributed by atoms with E-state index in [1.807, 2.05) is 48.5 Å². The zero-order valence-corrected chi connectivity index (χ0v) is 23.1. The first-order valence-electron chi connectivity index (χ1n) is 15.1. The number of ether oxygens (including phenoxy) is 2. The van der Waals surface area contributed by atoms with Crippen LogP contribution in [-0.4, -0.2) is 11.9 Å². The minimum atomic E-state index is -0.0688. The molecule has 0 bridgehead atoms. The van der Waals surface area contributed by atoms with Gasteiger partial charge in [0.25, 0.3) is 0 Å². The molecule has 5 rings (SSSR count). The monoisotopic (exact) mass is 516 g/mol. The summed E-state index contributed by atoms with van der Waals surface area (Å²) >= 11 is 0. The van der Waals surface area contributed by atoms with Crippen molar-refractivity contribution in [2.75, 3.05) is 0 Å². The van der Waals surface area contributed by atoms with Gasteiger partial charge in [0.15, 0.2) is 0 Å². The third kappa shape index (κ3) is 6.50. The molecule has 0 aromatic heterocycles. The van der Waals surface area contributed by atoms with Crippen LogP contribution in [0.3, 0.4) is 0 Å². The second-order valence-corrected chi connectivity index (χ2v) is 12.4. The fourth-order valence-electron chi connectivity index (χ4n) is 7.01. The lowest BCUT2D eigenvalue weighted by Crippen LogP contribution is -2.24. The van der Waals surface area contributed by atoms with Gasteiger partial charge in [0.1, 0.15) is 11.5 Å². The molecule has 2 aliphatic heterocycles. The lowest BCUT2D eigenvalue weighted by atomic mass is 9.68. The predicted octanol–water partition coefficient (Wildman–Crippen LogP) is 8.88. The molecule has 0 amide bonds. The second kappa shape index (κ2) is 12.5. The number of hydrogen-bond donors (Lipinski definition) is 0. The van der Waals surface area contributed by atoms with Crippen molar-refractivity contribution in [3.8, 4) is 11.5 Å². The molecule has 0 spiro atoms. The van der Waals surface area contributed by atoms with Crippen LogP contribution >= 0.6 is 0 Å². The fourth-order valence-corrected chi connectivity index (χ4v) is 7.01. The summed E-state index contributed by atoms with van der Waals surface area (Å²) in [6, 6.07) is 15.7. The lowest BCUT2D eigenvalue weighted by Gasteiger charge is -2.37. The first kappa shape index (κ1) is 27.0. The molecule has 2 unspecified atom stereocenters. The molecule has 0 N–H and O–H groups in total. The maximum Gasteiger partial charge on any atom is 0.318 e. The Bertz CT molecular complexity index is 1100. The van der Waals surface area contributed by atoms with Crippen molar-refractivity contribution in [2.24, 2.45) is 11.3 Å². The Morgan fingerprint density at radius 2 is 1.13 bits per heavy atom. The van der Waals surface area contributed by atoms with Crippen molar-refractivity contribution in [1.82, 2.24) is 0 Å². The number of hydrogen-bond acceptors (Lipinski definition) is 4. The molecular formula is C34H44O4. The molecule has 4 heteroatoms. The maximum atomic E-state index is 12.2. The number of fused-ring (bicyclic) bond motifs is 2. The standard InChI is InChI=1S/C34H44O4/c1-34(22-12-4-7-17-29-27-15-9-11-19-31(27)38-33(29)36)23-20-25(21-24-34)13-5-2-3-6-16-28-26-14-8-10-18-30(26)37-32(28)35/h8-11,14-15,18-19,25,28-29H,2-7,12-13,16-17,20-24H2,1H3. The van der Waals surface area contributed by atoms with Crippen molar-refractivity contribution in [3.63, 3.8) is 0 Å². The van der Waals surface area contributed by atoms with Crippen LogP contribution in [0.1, 0.15) is 126 Å². The Balaban J connectivity index is 0.908. The molecule has 2 aromatic carbocycles. The highest BCUT2D eigenvalue weighted by Gasteiger charge is 2.34. The molecule has 38 heavy (non-hydrogen) atoms. The van der Waals surface area contributed by atoms with E-state index in [1.165, 1.54) is 70.6 Å². The zero-order valence-electron chi connectivity index (χ0n) is 23.1. The number of carbonyl (C=O) groups is 2. The van der Waals surface area contributed by atoms with Crippen LogP contribution in [0.4, 0.5) is 0 Å². The van der Waals surface area contributed by atoms with Gasteiger partial charge >= 0.3 is 11.9 Å². The van der Waals surface area contributed by atoms with Crippen LogP contribution in [0.25, 0.3) is 0 Å². The first-order chi connectivity index (χ1) is 18.5. The van der Waals surface area contributed by atoms with Crippen molar-refractivity contribution in [2.45, 2.75) is 115 Å². The van der Waals surface area contributed by atoms with Gasteiger partial charge in [-0.1, -0.05) is 94.7 Å². The molecule has 1 fully saturated rings. The Labute approximate surface area is 228 Å². The zero-order chi connectivity index (χ0) is 26.4. The van der Waals surface area contributed by atoms with Gasteiger partial charge < -0.3 is 9.47 Å². The quantitative estimate of drug-likeness (QED) is 0.152. The Morgan fingerprint density at radius 1 is 0.658 bits per heavy atom. The summed E-state index contributed by atoms with van der Waals surface area (Å²) in [7, 11) is 0. The van der Waals surface area contributed by atoms with E-state index < -0.39 is 0 Å². The van der Waals surface area contributed by atoms with Gasteiger partial charge in [-0.3, -0.25) is 9.59 Å². The largest absolute Gasteiger partial charge is 0.426 e. The number of carbonyl (C=O) groups excluding carboxylic acids is 2. The van der Waals surface area contributed by atoms with Crippen LogP contribution in [0.2, 0.25) is 0 Å². The second-order valence-electron chi connectivity index (χ2n) is 12.4. The van der Waals surface area contributed by atoms with Crippen molar-refractivity contribution in [3.05, 3.63) is 59.7 Å². The summed E-state index contributed by atoms with van der Waals surface area (Å²) in [5.74, 6) is 2.16. The van der Waals surface area contributed by atoms with Crippen molar-refractivity contribution < 1.29 is 19.1 Å². The molecule has 3 aliphatic rings. The van der Waals surface area contributed by atoms with Crippen molar-refractivity contribution >= 4 is 11.9 Å². The Morgan fingerprint density at radius 3 is 1.68 bits per heavy atom. The van der Waals surface area contributed by atoms with E-state index in [-0.39, 0.29) is 23.8 Å². The van der Waals surface area contributed by atoms with E-state index in [2.05, 4.69) is 6.92 Å². The summed E-state index contributed by atoms with van der Waals surface area (Å²) in [5.41, 5.74) is 2.65. The number of esters is 2. The van der Waals surface area contributed by atoms with Crippen LogP contribution in [0.5, 0.6) is 11.5 Å². The van der Waals surface area contributed by atoms with E-state index in [4.69, 9.17) is 9.47 Å². The van der Waals surface area contributed by atoms with Gasteiger partial charge in [-0.05, 0) is 68.4 Å². The molecular weight excluding hydrogens is 472 g/mol. The predicted molar refractivity (Wildman–Crippen MR) is 150 cm³/mol. The molecule has 1 saturated carbocycles. The van der Waals surface area contributed by atoms with E-state index in [0.717, 1.165) is 54.2 Å². The summed E-state index contributed by atoms with van der Waals surface area (Å²) in [6.45, 7) is 2.50. The van der Waals surface area contributed by atoms with Gasteiger partial charge in [-0.25, -0.2) is 0 Å². The van der Waals surface area contributed by atoms with Gasteiger partial charge in [-0.2, -0.15) is 0 Å². The number of para-hydroxylation sites is 2. The molecule has 0 saturated heterocycles. The highest BCUT2D eigenvalue weighted by atomic mass is 16.5. The van der Waals surface area contributed by atoms with Crippen LogP contribution < -0.4 is 9.47 Å². The molecule has 2 heterocycles. The SMILES string of the molecule is CC1(CCCCCC2C(=O)Oc3ccccc32)CCC(CCCCCCC2C(=O)Oc3ccccc32)CC1. The van der Waals surface area contributed by atoms with Gasteiger partial charge in [0.2, 0.25) is 0 Å². The average Bonchev–Trinajstić information content (AvgIpc) is 3.42. The van der Waals surface area contributed by atoms with Gasteiger partial charge in [0.05, 0.1) is 11.8 Å². The maximum absolute atomic E-state index is 12.2. The van der Waals surface area contributed by atoms with Crippen molar-refractivity contribution in [1.29, 1.82) is 0 Å². The van der Waals surface area contributed by atoms with Crippen LogP contribution in [0.15, 0.2) is 48.5 Å². The summed E-state index contributed by atoms with van der Waals surface area (Å²) in [6.07, 6.45) is 18.5. The molecule has 2 aromatic rings. The number of unbranched alkanes of at least 4 members (excludes halogenated alkanes) is 5. The molecule has 204 valence electrons.